The fraction of sp³-hybridized carbons (Fsp3) is 0.750. The largest absolute Gasteiger partial charge is 0.481 e. The maximum absolute atomic E-state index is 11.0. The van der Waals surface area contributed by atoms with E-state index in [0.717, 1.165) is 34.5 Å². The predicted molar refractivity (Wildman–Crippen MR) is 86.1 cm³/mol. The first kappa shape index (κ1) is 16.4. The number of carboxylic acid groups (broad SMARTS) is 1. The van der Waals surface area contributed by atoms with Crippen molar-refractivity contribution in [3.63, 3.8) is 0 Å². The van der Waals surface area contributed by atoms with Crippen molar-refractivity contribution < 1.29 is 9.90 Å². The summed E-state index contributed by atoms with van der Waals surface area (Å²) in [6, 6.07) is 0. The number of likely N-dealkylation sites (tertiary alicyclic amines) is 1. The Labute approximate surface area is 131 Å². The molecule has 0 atom stereocenters. The summed E-state index contributed by atoms with van der Waals surface area (Å²) in [6.45, 7) is 9.90. The summed E-state index contributed by atoms with van der Waals surface area (Å²) in [6.07, 6.45) is 3.63. The van der Waals surface area contributed by atoms with Crippen molar-refractivity contribution in [1.82, 2.24) is 9.88 Å². The third-order valence-corrected chi connectivity index (χ3v) is 5.28. The fourth-order valence-corrected chi connectivity index (χ4v) is 3.98. The Morgan fingerprint density at radius 3 is 2.67 bits per heavy atom. The molecule has 1 N–H and O–H groups in total. The molecule has 0 unspecified atom stereocenters. The molecule has 4 nitrogen and oxygen atoms in total. The Hall–Kier alpha value is -0.940. The van der Waals surface area contributed by atoms with E-state index in [0.29, 0.717) is 5.92 Å². The number of hydrogen-bond donors (Lipinski definition) is 1. The van der Waals surface area contributed by atoms with Crippen LogP contribution < -0.4 is 0 Å². The normalized spacial score (nSPS) is 17.5. The Bertz CT molecular complexity index is 477. The number of aromatic nitrogens is 1. The fourth-order valence-electron chi connectivity index (χ4n) is 2.78. The Morgan fingerprint density at radius 1 is 1.43 bits per heavy atom. The molecule has 1 aliphatic heterocycles. The van der Waals surface area contributed by atoms with Crippen LogP contribution in [0.15, 0.2) is 0 Å². The molecule has 21 heavy (non-hydrogen) atoms. The van der Waals surface area contributed by atoms with Crippen molar-refractivity contribution in [2.75, 3.05) is 19.6 Å². The molecule has 1 aromatic rings. The third kappa shape index (κ3) is 4.78. The zero-order chi connectivity index (χ0) is 15.4. The molecule has 0 spiro atoms. The average Bonchev–Trinajstić information content (AvgIpc) is 2.80. The van der Waals surface area contributed by atoms with Crippen LogP contribution in [-0.4, -0.2) is 40.6 Å². The molecule has 5 heteroatoms. The number of aliphatic carboxylic acids is 1. The van der Waals surface area contributed by atoms with Crippen LogP contribution in [0.2, 0.25) is 0 Å². The van der Waals surface area contributed by atoms with Crippen molar-refractivity contribution in [3.8, 4) is 0 Å². The highest BCUT2D eigenvalue weighted by molar-refractivity contribution is 7.11. The standard InChI is InChI=1S/C16H26N2O2S/c1-11(2)16-13(10-15(19)20)21-14(17-16)6-9-18-7-4-12(3)5-8-18/h11-12H,4-10H2,1-3H3,(H,19,20). The molecule has 0 radical (unpaired) electrons. The number of piperidine rings is 1. The molecule has 1 fully saturated rings. The Kier molecular flexibility index (Phi) is 5.76. The summed E-state index contributed by atoms with van der Waals surface area (Å²) in [4.78, 5) is 19.1. The number of thiazole rings is 1. The molecule has 0 amide bonds. The van der Waals surface area contributed by atoms with Crippen molar-refractivity contribution in [3.05, 3.63) is 15.6 Å². The molecule has 2 heterocycles. The molecule has 2 rings (SSSR count). The number of carbonyl (C=O) groups is 1. The maximum atomic E-state index is 11.0. The lowest BCUT2D eigenvalue weighted by Gasteiger charge is -2.29. The predicted octanol–water partition coefficient (Wildman–Crippen LogP) is 3.17. The van der Waals surface area contributed by atoms with Gasteiger partial charge in [0.25, 0.3) is 0 Å². The zero-order valence-electron chi connectivity index (χ0n) is 13.3. The van der Waals surface area contributed by atoms with Gasteiger partial charge in [-0.3, -0.25) is 4.79 Å². The van der Waals surface area contributed by atoms with Crippen LogP contribution in [0.3, 0.4) is 0 Å². The maximum Gasteiger partial charge on any atom is 0.308 e. The highest BCUT2D eigenvalue weighted by Crippen LogP contribution is 2.26. The van der Waals surface area contributed by atoms with E-state index in [1.807, 2.05) is 0 Å². The van der Waals surface area contributed by atoms with Crippen LogP contribution in [-0.2, 0) is 17.6 Å². The van der Waals surface area contributed by atoms with Crippen molar-refractivity contribution in [1.29, 1.82) is 0 Å². The molecule has 0 bridgehead atoms. The van der Waals surface area contributed by atoms with E-state index in [1.165, 1.54) is 25.9 Å². The topological polar surface area (TPSA) is 53.4 Å². The molecule has 0 aliphatic carbocycles. The summed E-state index contributed by atoms with van der Waals surface area (Å²) in [5.41, 5.74) is 0.977. The molecule has 0 saturated carbocycles. The number of nitrogens with zero attached hydrogens (tertiary/aromatic N) is 2. The minimum absolute atomic E-state index is 0.104. The van der Waals surface area contributed by atoms with E-state index < -0.39 is 5.97 Å². The van der Waals surface area contributed by atoms with E-state index in [-0.39, 0.29) is 6.42 Å². The highest BCUT2D eigenvalue weighted by atomic mass is 32.1. The van der Waals surface area contributed by atoms with Gasteiger partial charge in [0.1, 0.15) is 0 Å². The molecule has 1 saturated heterocycles. The molecule has 118 valence electrons. The lowest BCUT2D eigenvalue weighted by Crippen LogP contribution is -2.34. The minimum atomic E-state index is -0.767. The van der Waals surface area contributed by atoms with Crippen LogP contribution >= 0.6 is 11.3 Å². The summed E-state index contributed by atoms with van der Waals surface area (Å²) >= 11 is 1.59. The first-order valence-corrected chi connectivity index (χ1v) is 8.70. The minimum Gasteiger partial charge on any atom is -0.481 e. The van der Waals surface area contributed by atoms with E-state index in [4.69, 9.17) is 10.1 Å². The van der Waals surface area contributed by atoms with Crippen LogP contribution in [0.1, 0.15) is 55.1 Å². The average molecular weight is 310 g/mol. The van der Waals surface area contributed by atoms with E-state index in [2.05, 4.69) is 25.7 Å². The van der Waals surface area contributed by atoms with Crippen LogP contribution in [0.5, 0.6) is 0 Å². The lowest BCUT2D eigenvalue weighted by atomic mass is 9.99. The van der Waals surface area contributed by atoms with Gasteiger partial charge in [0.2, 0.25) is 0 Å². The highest BCUT2D eigenvalue weighted by Gasteiger charge is 2.19. The molecule has 0 aromatic carbocycles. The first-order valence-electron chi connectivity index (χ1n) is 7.88. The second-order valence-corrected chi connectivity index (χ2v) is 7.58. The van der Waals surface area contributed by atoms with Gasteiger partial charge in [-0.15, -0.1) is 11.3 Å². The number of rotatable bonds is 6. The Morgan fingerprint density at radius 2 is 2.10 bits per heavy atom. The van der Waals surface area contributed by atoms with Gasteiger partial charge in [-0.05, 0) is 37.8 Å². The van der Waals surface area contributed by atoms with E-state index in [1.54, 1.807) is 11.3 Å². The molecule has 1 aliphatic rings. The van der Waals surface area contributed by atoms with Crippen LogP contribution in [0.25, 0.3) is 0 Å². The van der Waals surface area contributed by atoms with Crippen LogP contribution in [0, 0.1) is 5.92 Å². The van der Waals surface area contributed by atoms with Crippen molar-refractivity contribution in [2.45, 2.75) is 52.4 Å². The van der Waals surface area contributed by atoms with Gasteiger partial charge in [0.05, 0.1) is 17.1 Å². The van der Waals surface area contributed by atoms with Gasteiger partial charge < -0.3 is 10.0 Å². The first-order chi connectivity index (χ1) is 9.95. The zero-order valence-corrected chi connectivity index (χ0v) is 14.1. The van der Waals surface area contributed by atoms with Gasteiger partial charge in [-0.25, -0.2) is 4.98 Å². The summed E-state index contributed by atoms with van der Waals surface area (Å²) in [7, 11) is 0. The van der Waals surface area contributed by atoms with Crippen molar-refractivity contribution >= 4 is 17.3 Å². The SMILES string of the molecule is CC1CCN(CCc2nc(C(C)C)c(CC(=O)O)s2)CC1. The van der Waals surface area contributed by atoms with Gasteiger partial charge >= 0.3 is 5.97 Å². The second kappa shape index (κ2) is 7.36. The monoisotopic (exact) mass is 310 g/mol. The van der Waals surface area contributed by atoms with Crippen LogP contribution in [0.4, 0.5) is 0 Å². The van der Waals surface area contributed by atoms with Gasteiger partial charge in [0.15, 0.2) is 0 Å². The summed E-state index contributed by atoms with van der Waals surface area (Å²) < 4.78 is 0. The van der Waals surface area contributed by atoms with Gasteiger partial charge in [-0.2, -0.15) is 0 Å². The van der Waals surface area contributed by atoms with Gasteiger partial charge in [0, 0.05) is 17.8 Å². The second-order valence-electron chi connectivity index (χ2n) is 6.42. The lowest BCUT2D eigenvalue weighted by molar-refractivity contribution is -0.136. The molecule has 1 aromatic heterocycles. The van der Waals surface area contributed by atoms with E-state index >= 15 is 0 Å². The summed E-state index contributed by atoms with van der Waals surface area (Å²) in [5, 5.41) is 10.1. The smallest absolute Gasteiger partial charge is 0.308 e. The van der Waals surface area contributed by atoms with E-state index in [9.17, 15) is 4.79 Å². The third-order valence-electron chi connectivity index (χ3n) is 4.15. The summed E-state index contributed by atoms with van der Waals surface area (Å²) in [5.74, 6) is 0.383. The number of hydrogen-bond acceptors (Lipinski definition) is 4. The Balaban J connectivity index is 1.95. The van der Waals surface area contributed by atoms with Crippen molar-refractivity contribution in [2.24, 2.45) is 5.92 Å². The molecular formula is C16H26N2O2S. The number of carboxylic acids is 1. The quantitative estimate of drug-likeness (QED) is 0.877. The van der Waals surface area contributed by atoms with Gasteiger partial charge in [-0.1, -0.05) is 20.8 Å². The molecular weight excluding hydrogens is 284 g/mol.